The highest BCUT2D eigenvalue weighted by Gasteiger charge is 2.21. The lowest BCUT2D eigenvalue weighted by molar-refractivity contribution is 0.0533. The van der Waals surface area contributed by atoms with Crippen molar-refractivity contribution in [2.75, 3.05) is 30.5 Å². The van der Waals surface area contributed by atoms with Gasteiger partial charge in [-0.05, 0) is 13.2 Å². The summed E-state index contributed by atoms with van der Waals surface area (Å²) in [4.78, 5) is 17.1. The maximum absolute atomic E-state index is 11.8. The molecule has 2 aromatic rings. The molecule has 2 heterocycles. The molecule has 114 valence electrons. The monoisotopic (exact) mass is 328 g/mol. The van der Waals surface area contributed by atoms with Gasteiger partial charge < -0.3 is 20.3 Å². The highest BCUT2D eigenvalue weighted by atomic mass is 32.2. The average molecular weight is 328 g/mol. The number of carbonyl (C=O) groups excluding carboxylic acids is 1. The predicted octanol–water partition coefficient (Wildman–Crippen LogP) is 2.27. The Balaban J connectivity index is 2.07. The van der Waals surface area contributed by atoms with E-state index in [4.69, 9.17) is 15.0 Å². The Morgan fingerprint density at radius 2 is 2.43 bits per heavy atom. The number of hydrogen-bond donors (Lipinski definition) is 2. The van der Waals surface area contributed by atoms with E-state index in [9.17, 15) is 4.79 Å². The van der Waals surface area contributed by atoms with Crippen molar-refractivity contribution in [3.63, 3.8) is 0 Å². The molecule has 0 fully saturated rings. The summed E-state index contributed by atoms with van der Waals surface area (Å²) in [7, 11) is 0. The topological polar surface area (TPSA) is 103 Å². The number of ether oxygens (including phenoxy) is 1. The Kier molecular flexibility index (Phi) is 5.45. The zero-order chi connectivity index (χ0) is 15.2. The number of carbonyl (C=O) groups is 1. The first-order valence-corrected chi connectivity index (χ1v) is 8.34. The van der Waals surface area contributed by atoms with Gasteiger partial charge >= 0.3 is 5.97 Å². The van der Waals surface area contributed by atoms with Gasteiger partial charge in [0.2, 0.25) is 5.89 Å². The van der Waals surface area contributed by atoms with Crippen LogP contribution in [0.2, 0.25) is 0 Å². The standard InChI is InChI=1S/C12H16N4O3S2/c1-3-18-12(17)10-8(13)9(20-2)11(21-10)14-5-4-7-15-6-16-19-7/h6,14H,3-5,13H2,1-2H3. The zero-order valence-corrected chi connectivity index (χ0v) is 13.3. The maximum Gasteiger partial charge on any atom is 0.350 e. The normalized spacial score (nSPS) is 10.6. The molecule has 0 saturated carbocycles. The first-order valence-electron chi connectivity index (χ1n) is 6.30. The van der Waals surface area contributed by atoms with E-state index in [1.54, 1.807) is 6.92 Å². The third-order valence-corrected chi connectivity index (χ3v) is 4.70. The van der Waals surface area contributed by atoms with E-state index in [-0.39, 0.29) is 5.97 Å². The third-order valence-electron chi connectivity index (χ3n) is 2.60. The van der Waals surface area contributed by atoms with E-state index < -0.39 is 0 Å². The van der Waals surface area contributed by atoms with Gasteiger partial charge in [-0.15, -0.1) is 23.1 Å². The largest absolute Gasteiger partial charge is 0.462 e. The third kappa shape index (κ3) is 3.67. The smallest absolute Gasteiger partial charge is 0.350 e. The van der Waals surface area contributed by atoms with Crippen LogP contribution in [0.25, 0.3) is 0 Å². The van der Waals surface area contributed by atoms with Crippen LogP contribution < -0.4 is 11.1 Å². The quantitative estimate of drug-likeness (QED) is 0.589. The maximum atomic E-state index is 11.8. The minimum absolute atomic E-state index is 0.324. The van der Waals surface area contributed by atoms with Crippen molar-refractivity contribution in [2.45, 2.75) is 18.2 Å². The van der Waals surface area contributed by atoms with Crippen molar-refractivity contribution < 1.29 is 14.1 Å². The van der Waals surface area contributed by atoms with Crippen LogP contribution in [0.1, 0.15) is 22.5 Å². The van der Waals surface area contributed by atoms with Gasteiger partial charge in [-0.25, -0.2) is 4.79 Å². The Morgan fingerprint density at radius 1 is 1.62 bits per heavy atom. The number of aromatic nitrogens is 2. The van der Waals surface area contributed by atoms with Gasteiger partial charge in [0.15, 0.2) is 6.33 Å². The number of thioether (sulfide) groups is 1. The molecule has 0 atom stereocenters. The second-order valence-electron chi connectivity index (χ2n) is 3.94. The summed E-state index contributed by atoms with van der Waals surface area (Å²) in [6, 6.07) is 0. The lowest BCUT2D eigenvalue weighted by Gasteiger charge is -2.04. The van der Waals surface area contributed by atoms with Crippen LogP contribution in [0.4, 0.5) is 10.7 Å². The van der Waals surface area contributed by atoms with E-state index in [1.165, 1.54) is 29.4 Å². The Morgan fingerprint density at radius 3 is 3.05 bits per heavy atom. The first-order chi connectivity index (χ1) is 10.2. The number of thiophene rings is 1. The Labute approximate surface area is 130 Å². The minimum atomic E-state index is -0.389. The van der Waals surface area contributed by atoms with Crippen molar-refractivity contribution in [2.24, 2.45) is 0 Å². The second-order valence-corrected chi connectivity index (χ2v) is 5.78. The highest BCUT2D eigenvalue weighted by molar-refractivity contribution is 7.99. The summed E-state index contributed by atoms with van der Waals surface area (Å²) in [5, 5.41) is 7.64. The van der Waals surface area contributed by atoms with Gasteiger partial charge in [0.05, 0.1) is 17.2 Å². The van der Waals surface area contributed by atoms with Gasteiger partial charge in [-0.1, -0.05) is 5.16 Å². The number of nitrogen functional groups attached to an aromatic ring is 1. The molecule has 0 bridgehead atoms. The molecular formula is C12H16N4O3S2. The van der Waals surface area contributed by atoms with Crippen molar-refractivity contribution in [1.29, 1.82) is 0 Å². The molecule has 0 spiro atoms. The molecule has 0 radical (unpaired) electrons. The summed E-state index contributed by atoms with van der Waals surface area (Å²) < 4.78 is 9.93. The average Bonchev–Trinajstić information content (AvgIpc) is 3.07. The van der Waals surface area contributed by atoms with Crippen LogP contribution in [0.3, 0.4) is 0 Å². The van der Waals surface area contributed by atoms with E-state index in [1.807, 2.05) is 6.26 Å². The van der Waals surface area contributed by atoms with E-state index in [0.29, 0.717) is 36.0 Å². The molecule has 7 nitrogen and oxygen atoms in total. The summed E-state index contributed by atoms with van der Waals surface area (Å²) in [6.45, 7) is 2.70. The molecule has 0 aliphatic rings. The fourth-order valence-electron chi connectivity index (χ4n) is 1.69. The number of nitrogens with two attached hydrogens (primary N) is 1. The molecule has 0 saturated heterocycles. The summed E-state index contributed by atoms with van der Waals surface area (Å²) in [5.41, 5.74) is 6.48. The number of hydrogen-bond acceptors (Lipinski definition) is 9. The van der Waals surface area contributed by atoms with E-state index >= 15 is 0 Å². The minimum Gasteiger partial charge on any atom is -0.462 e. The molecule has 21 heavy (non-hydrogen) atoms. The van der Waals surface area contributed by atoms with Crippen molar-refractivity contribution in [3.8, 4) is 0 Å². The molecular weight excluding hydrogens is 312 g/mol. The van der Waals surface area contributed by atoms with Gasteiger partial charge in [0.25, 0.3) is 0 Å². The summed E-state index contributed by atoms with van der Waals surface area (Å²) in [5.74, 6) is 0.170. The number of rotatable bonds is 7. The fraction of sp³-hybridized carbons (Fsp3) is 0.417. The summed E-state index contributed by atoms with van der Waals surface area (Å²) >= 11 is 2.79. The second kappa shape index (κ2) is 7.32. The molecule has 3 N–H and O–H groups in total. The van der Waals surface area contributed by atoms with Crippen LogP contribution >= 0.6 is 23.1 Å². The van der Waals surface area contributed by atoms with Gasteiger partial charge in [-0.2, -0.15) is 4.98 Å². The number of nitrogens with one attached hydrogen (secondary N) is 1. The molecule has 2 aromatic heterocycles. The molecule has 0 amide bonds. The van der Waals surface area contributed by atoms with E-state index in [0.717, 1.165) is 9.90 Å². The van der Waals surface area contributed by atoms with Crippen molar-refractivity contribution in [1.82, 2.24) is 10.1 Å². The first kappa shape index (κ1) is 15.6. The van der Waals surface area contributed by atoms with Crippen LogP contribution in [0.15, 0.2) is 15.7 Å². The van der Waals surface area contributed by atoms with Gasteiger partial charge in [0.1, 0.15) is 9.88 Å². The molecule has 0 aliphatic heterocycles. The molecule has 9 heteroatoms. The van der Waals surface area contributed by atoms with E-state index in [2.05, 4.69) is 15.5 Å². The fourth-order valence-corrected chi connectivity index (χ4v) is 3.64. The van der Waals surface area contributed by atoms with Gasteiger partial charge in [-0.3, -0.25) is 0 Å². The number of esters is 1. The zero-order valence-electron chi connectivity index (χ0n) is 11.7. The number of anilines is 2. The molecule has 0 unspecified atom stereocenters. The lowest BCUT2D eigenvalue weighted by Crippen LogP contribution is -2.05. The van der Waals surface area contributed by atoms with Crippen molar-refractivity contribution >= 4 is 39.8 Å². The highest BCUT2D eigenvalue weighted by Crippen LogP contribution is 2.41. The number of nitrogens with zero attached hydrogens (tertiary/aromatic N) is 2. The van der Waals surface area contributed by atoms with Gasteiger partial charge in [0, 0.05) is 13.0 Å². The molecule has 0 aliphatic carbocycles. The van der Waals surface area contributed by atoms with Crippen LogP contribution in [-0.2, 0) is 11.2 Å². The van der Waals surface area contributed by atoms with Crippen LogP contribution in [0.5, 0.6) is 0 Å². The molecule has 0 aromatic carbocycles. The predicted molar refractivity (Wildman–Crippen MR) is 83.0 cm³/mol. The molecule has 2 rings (SSSR count). The van der Waals surface area contributed by atoms with Crippen molar-refractivity contribution in [3.05, 3.63) is 17.1 Å². The SMILES string of the molecule is CCOC(=O)c1sc(NCCc2ncno2)c(SC)c1N. The lowest BCUT2D eigenvalue weighted by atomic mass is 10.4. The Bertz CT molecular complexity index is 598. The van der Waals surface area contributed by atoms with Crippen LogP contribution in [0, 0.1) is 0 Å². The Hall–Kier alpha value is -1.74. The van der Waals surface area contributed by atoms with Crippen LogP contribution in [-0.4, -0.2) is 35.5 Å². The summed E-state index contributed by atoms with van der Waals surface area (Å²) in [6.07, 6.45) is 3.88.